The van der Waals surface area contributed by atoms with Crippen LogP contribution in [0, 0.1) is 22.7 Å². The Balaban J connectivity index is 1.72. The number of ether oxygens (including phenoxy) is 1. The molecule has 120 valence electrons. The van der Waals surface area contributed by atoms with E-state index in [9.17, 15) is 4.79 Å². The average Bonchev–Trinajstić information content (AvgIpc) is 3.20. The summed E-state index contributed by atoms with van der Waals surface area (Å²) in [5.41, 5.74) is 5.60. The summed E-state index contributed by atoms with van der Waals surface area (Å²) >= 11 is 0. The summed E-state index contributed by atoms with van der Waals surface area (Å²) in [6, 6.07) is 0. The molecule has 3 fully saturated rings. The van der Waals surface area contributed by atoms with E-state index in [-0.39, 0.29) is 17.4 Å². The number of likely N-dealkylation sites (N-methyl/N-ethyl adjacent to an activating group) is 1. The van der Waals surface area contributed by atoms with Crippen molar-refractivity contribution in [1.82, 2.24) is 5.32 Å². The van der Waals surface area contributed by atoms with E-state index >= 15 is 0 Å². The molecular formula is C17H30N2O2. The molecule has 3 N–H and O–H groups in total. The van der Waals surface area contributed by atoms with Crippen LogP contribution in [0.5, 0.6) is 0 Å². The number of amides is 1. The van der Waals surface area contributed by atoms with Gasteiger partial charge in [-0.05, 0) is 61.8 Å². The molecule has 0 heterocycles. The summed E-state index contributed by atoms with van der Waals surface area (Å²) in [6.45, 7) is 7.56. The van der Waals surface area contributed by atoms with E-state index in [1.807, 2.05) is 7.05 Å². The van der Waals surface area contributed by atoms with E-state index in [4.69, 9.17) is 10.5 Å². The average molecular weight is 294 g/mol. The van der Waals surface area contributed by atoms with E-state index in [2.05, 4.69) is 26.1 Å². The molecule has 21 heavy (non-hydrogen) atoms. The lowest BCUT2D eigenvalue weighted by molar-refractivity contribution is -0.132. The smallest absolute Gasteiger partial charge is 0.240 e. The maximum absolute atomic E-state index is 12.0. The molecule has 0 aromatic heterocycles. The Bertz CT molecular complexity index is 446. The van der Waals surface area contributed by atoms with Crippen LogP contribution in [0.2, 0.25) is 0 Å². The highest BCUT2D eigenvalue weighted by atomic mass is 16.5. The monoisotopic (exact) mass is 294 g/mol. The highest BCUT2D eigenvalue weighted by Gasteiger charge is 2.62. The first kappa shape index (κ1) is 15.3. The topological polar surface area (TPSA) is 64.3 Å². The van der Waals surface area contributed by atoms with Gasteiger partial charge in [0.25, 0.3) is 0 Å². The molecule has 0 aromatic rings. The Morgan fingerprint density at radius 2 is 2.00 bits per heavy atom. The summed E-state index contributed by atoms with van der Waals surface area (Å²) < 4.78 is 6.33. The van der Waals surface area contributed by atoms with E-state index in [1.165, 1.54) is 12.8 Å². The summed E-state index contributed by atoms with van der Waals surface area (Å²) in [5.74, 6) is 0.838. The largest absolute Gasteiger partial charge is 0.375 e. The van der Waals surface area contributed by atoms with E-state index in [0.29, 0.717) is 17.9 Å². The number of nitrogens with one attached hydrogen (secondary N) is 1. The van der Waals surface area contributed by atoms with Crippen molar-refractivity contribution in [2.75, 3.05) is 13.7 Å². The molecule has 0 radical (unpaired) electrons. The van der Waals surface area contributed by atoms with Crippen molar-refractivity contribution < 1.29 is 9.53 Å². The van der Waals surface area contributed by atoms with Gasteiger partial charge in [0.1, 0.15) is 5.54 Å². The fraction of sp³-hybridized carbons (Fsp3) is 0.941. The van der Waals surface area contributed by atoms with Gasteiger partial charge >= 0.3 is 0 Å². The van der Waals surface area contributed by atoms with E-state index < -0.39 is 5.54 Å². The first-order valence-electron chi connectivity index (χ1n) is 8.38. The van der Waals surface area contributed by atoms with Crippen LogP contribution in [0.25, 0.3) is 0 Å². The zero-order chi connectivity index (χ0) is 15.5. The maximum atomic E-state index is 12.0. The van der Waals surface area contributed by atoms with Crippen LogP contribution in [0.3, 0.4) is 0 Å². The highest BCUT2D eigenvalue weighted by Crippen LogP contribution is 2.66. The second-order valence-corrected chi connectivity index (χ2v) is 8.27. The predicted molar refractivity (Wildman–Crippen MR) is 82.7 cm³/mol. The van der Waals surface area contributed by atoms with Crippen LogP contribution >= 0.6 is 0 Å². The number of carbonyl (C=O) groups is 1. The fourth-order valence-corrected chi connectivity index (χ4v) is 4.98. The second kappa shape index (κ2) is 4.69. The number of rotatable bonds is 6. The van der Waals surface area contributed by atoms with Gasteiger partial charge in [-0.25, -0.2) is 0 Å². The fourth-order valence-electron chi connectivity index (χ4n) is 4.98. The molecular weight excluding hydrogens is 264 g/mol. The number of primary amides is 1. The van der Waals surface area contributed by atoms with Crippen molar-refractivity contribution in [2.24, 2.45) is 28.4 Å². The van der Waals surface area contributed by atoms with Gasteiger partial charge in [0.05, 0.1) is 12.7 Å². The van der Waals surface area contributed by atoms with Crippen LogP contribution in [-0.4, -0.2) is 31.2 Å². The lowest BCUT2D eigenvalue weighted by atomic mass is 9.70. The summed E-state index contributed by atoms with van der Waals surface area (Å²) in [6.07, 6.45) is 6.09. The van der Waals surface area contributed by atoms with Crippen LogP contribution in [-0.2, 0) is 9.53 Å². The Labute approximate surface area is 128 Å². The standard InChI is InChI=1S/C17H30N2O2/c1-15(2)12-7-8-16(15,3)13(9-12)21-10-17(19-4,14(18)20)11-5-6-11/h11-13,19H,5-10H2,1-4H3,(H2,18,20). The molecule has 0 aromatic carbocycles. The molecule has 0 aliphatic heterocycles. The van der Waals surface area contributed by atoms with E-state index in [0.717, 1.165) is 25.2 Å². The molecule has 3 aliphatic carbocycles. The number of hydrogen-bond acceptors (Lipinski definition) is 3. The summed E-state index contributed by atoms with van der Waals surface area (Å²) in [4.78, 5) is 12.0. The Morgan fingerprint density at radius 3 is 2.38 bits per heavy atom. The quantitative estimate of drug-likeness (QED) is 0.788. The minimum atomic E-state index is -0.664. The summed E-state index contributed by atoms with van der Waals surface area (Å²) in [7, 11) is 1.83. The molecule has 0 saturated heterocycles. The molecule has 3 saturated carbocycles. The SMILES string of the molecule is CNC(COC1CC2CCC1(C)C2(C)C)(C(N)=O)C1CC1. The maximum Gasteiger partial charge on any atom is 0.240 e. The van der Waals surface area contributed by atoms with Gasteiger partial charge in [-0.2, -0.15) is 0 Å². The lowest BCUT2D eigenvalue weighted by Gasteiger charge is -2.40. The van der Waals surface area contributed by atoms with Gasteiger partial charge in [0.15, 0.2) is 0 Å². The van der Waals surface area contributed by atoms with E-state index in [1.54, 1.807) is 0 Å². The lowest BCUT2D eigenvalue weighted by Crippen LogP contribution is -2.60. The van der Waals surface area contributed by atoms with Crippen molar-refractivity contribution >= 4 is 5.91 Å². The van der Waals surface area contributed by atoms with Crippen molar-refractivity contribution in [3.05, 3.63) is 0 Å². The molecule has 3 aliphatic rings. The first-order chi connectivity index (χ1) is 9.78. The third-order valence-corrected chi connectivity index (χ3v) is 7.39. The third kappa shape index (κ3) is 1.98. The van der Waals surface area contributed by atoms with Gasteiger partial charge in [-0.3, -0.25) is 4.79 Å². The number of carbonyl (C=O) groups excluding carboxylic acids is 1. The van der Waals surface area contributed by atoms with Crippen LogP contribution < -0.4 is 11.1 Å². The van der Waals surface area contributed by atoms with Gasteiger partial charge in [0, 0.05) is 0 Å². The zero-order valence-corrected chi connectivity index (χ0v) is 13.9. The van der Waals surface area contributed by atoms with Gasteiger partial charge in [-0.1, -0.05) is 20.8 Å². The molecule has 2 bridgehead atoms. The van der Waals surface area contributed by atoms with Crippen molar-refractivity contribution in [1.29, 1.82) is 0 Å². The van der Waals surface area contributed by atoms with Gasteiger partial charge in [0.2, 0.25) is 5.91 Å². The minimum Gasteiger partial charge on any atom is -0.375 e. The number of hydrogen-bond donors (Lipinski definition) is 2. The highest BCUT2D eigenvalue weighted by molar-refractivity contribution is 5.85. The molecule has 4 nitrogen and oxygen atoms in total. The van der Waals surface area contributed by atoms with Crippen molar-refractivity contribution in [3.8, 4) is 0 Å². The van der Waals surface area contributed by atoms with Gasteiger partial charge < -0.3 is 15.8 Å². The Hall–Kier alpha value is -0.610. The zero-order valence-electron chi connectivity index (χ0n) is 13.9. The molecule has 1 amide bonds. The van der Waals surface area contributed by atoms with Crippen molar-refractivity contribution in [3.63, 3.8) is 0 Å². The Kier molecular flexibility index (Phi) is 3.42. The minimum absolute atomic E-state index is 0.234. The third-order valence-electron chi connectivity index (χ3n) is 7.39. The van der Waals surface area contributed by atoms with Gasteiger partial charge in [-0.15, -0.1) is 0 Å². The second-order valence-electron chi connectivity index (χ2n) is 8.27. The molecule has 0 spiro atoms. The summed E-state index contributed by atoms with van der Waals surface area (Å²) in [5, 5.41) is 3.18. The normalized spacial score (nSPS) is 40.2. The number of nitrogens with two attached hydrogens (primary N) is 1. The molecule has 4 atom stereocenters. The van der Waals surface area contributed by atoms with Crippen LogP contribution in [0.1, 0.15) is 52.9 Å². The molecule has 3 rings (SSSR count). The predicted octanol–water partition coefficient (Wildman–Crippen LogP) is 2.07. The van der Waals surface area contributed by atoms with Crippen LogP contribution in [0.4, 0.5) is 0 Å². The first-order valence-corrected chi connectivity index (χ1v) is 8.38. The van der Waals surface area contributed by atoms with Crippen molar-refractivity contribution in [2.45, 2.75) is 64.5 Å². The Morgan fingerprint density at radius 1 is 1.33 bits per heavy atom. The molecule has 4 unspecified atom stereocenters. The number of fused-ring (bicyclic) bond motifs is 2. The van der Waals surface area contributed by atoms with Crippen LogP contribution in [0.15, 0.2) is 0 Å². The molecule has 4 heteroatoms.